The Balaban J connectivity index is 0.844. The van der Waals surface area contributed by atoms with E-state index in [2.05, 4.69) is 164 Å². The van der Waals surface area contributed by atoms with Gasteiger partial charge in [0.05, 0.1) is 29.2 Å². The second kappa shape index (κ2) is 15.0. The van der Waals surface area contributed by atoms with E-state index < -0.39 is 0 Å². The molecule has 2 N–H and O–H groups in total. The molecule has 296 valence electrons. The lowest BCUT2D eigenvalue weighted by Gasteiger charge is -2.34. The van der Waals surface area contributed by atoms with Crippen molar-refractivity contribution in [2.24, 2.45) is 16.8 Å². The average Bonchev–Trinajstić information content (AvgIpc) is 3.69. The van der Waals surface area contributed by atoms with Gasteiger partial charge < -0.3 is 15.4 Å². The molecule has 3 aliphatic heterocycles. The maximum atomic E-state index is 6.82. The first kappa shape index (κ1) is 36.7. The largest absolute Gasteiger partial charge is 0.488 e. The van der Waals surface area contributed by atoms with E-state index in [4.69, 9.17) is 9.73 Å². The molecule has 0 saturated heterocycles. The van der Waals surface area contributed by atoms with Gasteiger partial charge in [-0.25, -0.2) is 4.99 Å². The summed E-state index contributed by atoms with van der Waals surface area (Å²) >= 11 is 0. The normalized spacial score (nSPS) is 27.0. The molecule has 3 heterocycles. The van der Waals surface area contributed by atoms with Crippen LogP contribution in [0.1, 0.15) is 96.8 Å². The lowest BCUT2D eigenvalue weighted by Crippen LogP contribution is -2.28. The van der Waals surface area contributed by atoms with Gasteiger partial charge in [0.2, 0.25) is 0 Å². The molecule has 0 amide bonds. The number of aliphatic imine (C=N–C) groups is 1. The molecule has 60 heavy (non-hydrogen) atoms. The molecule has 3 aromatic rings. The van der Waals surface area contributed by atoms with Gasteiger partial charge in [-0.1, -0.05) is 146 Å². The molecule has 5 aliphatic carbocycles. The summed E-state index contributed by atoms with van der Waals surface area (Å²) in [6.07, 6.45) is 36.3. The Bertz CT molecular complexity index is 2680. The number of rotatable bonds is 7. The van der Waals surface area contributed by atoms with Gasteiger partial charge in [-0.2, -0.15) is 0 Å². The van der Waals surface area contributed by atoms with Crippen LogP contribution in [0.5, 0.6) is 5.75 Å². The summed E-state index contributed by atoms with van der Waals surface area (Å²) in [4.78, 5) is 5.09. The fourth-order valence-corrected chi connectivity index (χ4v) is 10.7. The highest BCUT2D eigenvalue weighted by Gasteiger charge is 2.40. The van der Waals surface area contributed by atoms with Crippen LogP contribution in [0.4, 0.5) is 0 Å². The molecular weight excluding hydrogens is 731 g/mol. The van der Waals surface area contributed by atoms with Crippen molar-refractivity contribution in [3.05, 3.63) is 232 Å². The Morgan fingerprint density at radius 2 is 1.65 bits per heavy atom. The third-order valence-corrected chi connectivity index (χ3v) is 13.9. The van der Waals surface area contributed by atoms with Gasteiger partial charge in [-0.15, -0.1) is 0 Å². The zero-order valence-corrected chi connectivity index (χ0v) is 34.3. The van der Waals surface area contributed by atoms with Crippen molar-refractivity contribution in [1.29, 1.82) is 0 Å². The van der Waals surface area contributed by atoms with Gasteiger partial charge in [0.1, 0.15) is 11.9 Å². The number of nitrogens with one attached hydrogen (secondary N) is 2. The fraction of sp³-hybridized carbons (Fsp3) is 0.232. The Labute approximate surface area is 354 Å². The number of dihydropyridines is 1. The number of ether oxygens (including phenoxy) is 1. The third kappa shape index (κ3) is 6.32. The van der Waals surface area contributed by atoms with Gasteiger partial charge in [0.25, 0.3) is 0 Å². The highest BCUT2D eigenvalue weighted by molar-refractivity contribution is 6.09. The number of fused-ring (bicyclic) bond motifs is 8. The van der Waals surface area contributed by atoms with Crippen molar-refractivity contribution in [3.8, 4) is 5.75 Å². The molecule has 0 spiro atoms. The monoisotopic (exact) mass is 781 g/mol. The van der Waals surface area contributed by atoms with Crippen molar-refractivity contribution in [2.45, 2.75) is 69.6 Å². The van der Waals surface area contributed by atoms with E-state index in [1.54, 1.807) is 0 Å². The first-order chi connectivity index (χ1) is 29.5. The third-order valence-electron chi connectivity index (χ3n) is 13.9. The van der Waals surface area contributed by atoms with E-state index in [0.29, 0.717) is 17.8 Å². The highest BCUT2D eigenvalue weighted by atomic mass is 16.5. The SMILES string of the molecule is C=CC(=NC(=C)C1=C(C)C=CC(c2ccccc2)N1)C1=CC2=C(CC1)C1C=C(c3ccc(C4NC5=C(CCC=C5)c5c4ccc4c5OC5CCC=CC45)cc3)C=CC1C=C2. The maximum Gasteiger partial charge on any atom is 0.131 e. The summed E-state index contributed by atoms with van der Waals surface area (Å²) in [5.74, 6) is 2.19. The van der Waals surface area contributed by atoms with Gasteiger partial charge >= 0.3 is 0 Å². The maximum absolute atomic E-state index is 6.82. The van der Waals surface area contributed by atoms with Crippen LogP contribution < -0.4 is 15.4 Å². The van der Waals surface area contributed by atoms with Crippen LogP contribution in [-0.2, 0) is 0 Å². The van der Waals surface area contributed by atoms with Gasteiger partial charge in [0.15, 0.2) is 0 Å². The van der Waals surface area contributed by atoms with Crippen molar-refractivity contribution >= 4 is 16.9 Å². The molecule has 0 aromatic heterocycles. The van der Waals surface area contributed by atoms with E-state index in [1.165, 1.54) is 66.9 Å². The Morgan fingerprint density at radius 1 is 0.800 bits per heavy atom. The second-order valence-electron chi connectivity index (χ2n) is 17.4. The molecule has 0 bridgehead atoms. The topological polar surface area (TPSA) is 45.7 Å². The van der Waals surface area contributed by atoms with Gasteiger partial charge in [0, 0.05) is 34.6 Å². The molecule has 11 rings (SSSR count). The molecule has 6 unspecified atom stereocenters. The molecule has 0 radical (unpaired) electrons. The molecule has 4 nitrogen and oxygen atoms in total. The fourth-order valence-electron chi connectivity index (χ4n) is 10.7. The summed E-state index contributed by atoms with van der Waals surface area (Å²) in [6, 6.07) is 24.7. The van der Waals surface area contributed by atoms with Crippen LogP contribution in [0.2, 0.25) is 0 Å². The van der Waals surface area contributed by atoms with Crippen LogP contribution in [0, 0.1) is 11.8 Å². The molecule has 0 fully saturated rings. The van der Waals surface area contributed by atoms with E-state index >= 15 is 0 Å². The first-order valence-corrected chi connectivity index (χ1v) is 21.9. The predicted octanol–water partition coefficient (Wildman–Crippen LogP) is 12.7. The smallest absolute Gasteiger partial charge is 0.131 e. The number of allylic oxidation sites excluding steroid dienone is 17. The van der Waals surface area contributed by atoms with Crippen molar-refractivity contribution < 1.29 is 4.74 Å². The summed E-state index contributed by atoms with van der Waals surface area (Å²) in [5, 5.41) is 7.63. The highest BCUT2D eigenvalue weighted by Crippen LogP contribution is 2.52. The number of hydrogen-bond acceptors (Lipinski definition) is 4. The van der Waals surface area contributed by atoms with E-state index in [-0.39, 0.29) is 18.2 Å². The van der Waals surface area contributed by atoms with E-state index in [9.17, 15) is 0 Å². The van der Waals surface area contributed by atoms with Crippen molar-refractivity contribution in [3.63, 3.8) is 0 Å². The quantitative estimate of drug-likeness (QED) is 0.185. The van der Waals surface area contributed by atoms with E-state index in [1.807, 2.05) is 12.1 Å². The standard InChI is InChI=1S/C56H51N3O/c1-4-49(57-35(3)54-34(2)18-31-50(58-54)38-12-6-5-7-13-38)42-27-28-43-41(32-42)26-22-37-21-25-40(33-48(37)43)36-19-23-39(24-20-36)55-47-30-29-45-44-14-9-11-17-52(44)60-56(45)53(47)46-15-8-10-16-51(46)59-55/h4-7,9-10,12-14,16,18-26,29-33,37,44,48,50,52,55,58-59H,1,3,8,11,15,17,27-28H2,2H3. The number of benzene rings is 3. The summed E-state index contributed by atoms with van der Waals surface area (Å²) in [7, 11) is 0. The van der Waals surface area contributed by atoms with Crippen LogP contribution in [0.15, 0.2) is 203 Å². The Morgan fingerprint density at radius 3 is 2.52 bits per heavy atom. The zero-order chi connectivity index (χ0) is 40.3. The van der Waals surface area contributed by atoms with Crippen molar-refractivity contribution in [2.75, 3.05) is 0 Å². The minimum absolute atomic E-state index is 0.0613. The lowest BCUT2D eigenvalue weighted by atomic mass is 9.71. The second-order valence-corrected chi connectivity index (χ2v) is 17.4. The number of hydrogen-bond donors (Lipinski definition) is 2. The lowest BCUT2D eigenvalue weighted by molar-refractivity contribution is 0.204. The average molecular weight is 782 g/mol. The van der Waals surface area contributed by atoms with Crippen molar-refractivity contribution in [1.82, 2.24) is 10.6 Å². The van der Waals surface area contributed by atoms with Gasteiger partial charge in [-0.05, 0) is 114 Å². The first-order valence-electron chi connectivity index (χ1n) is 21.9. The number of nitrogens with zero attached hydrogens (tertiary/aromatic N) is 1. The van der Waals surface area contributed by atoms with Crippen LogP contribution in [-0.4, -0.2) is 11.8 Å². The van der Waals surface area contributed by atoms with E-state index in [0.717, 1.165) is 67.0 Å². The minimum Gasteiger partial charge on any atom is -0.488 e. The van der Waals surface area contributed by atoms with Crippen LogP contribution in [0.25, 0.3) is 11.1 Å². The molecular formula is C56H51N3O. The zero-order valence-electron chi connectivity index (χ0n) is 34.3. The predicted molar refractivity (Wildman–Crippen MR) is 247 cm³/mol. The molecule has 6 atom stereocenters. The Hall–Kier alpha value is -6.39. The summed E-state index contributed by atoms with van der Waals surface area (Å²) in [6.45, 7) is 10.7. The molecule has 0 saturated carbocycles. The molecule has 4 heteroatoms. The van der Waals surface area contributed by atoms with Crippen LogP contribution >= 0.6 is 0 Å². The molecule has 8 aliphatic rings. The van der Waals surface area contributed by atoms with Gasteiger partial charge in [-0.3, -0.25) is 0 Å². The molecule has 3 aromatic carbocycles. The minimum atomic E-state index is 0.0613. The summed E-state index contributed by atoms with van der Waals surface area (Å²) < 4.78 is 6.82. The Kier molecular flexibility index (Phi) is 9.18. The summed E-state index contributed by atoms with van der Waals surface area (Å²) in [5.41, 5.74) is 19.4. The van der Waals surface area contributed by atoms with Crippen LogP contribution in [0.3, 0.4) is 0 Å².